The number of benzene rings is 1. The van der Waals surface area contributed by atoms with E-state index in [2.05, 4.69) is 10.6 Å². The van der Waals surface area contributed by atoms with Crippen molar-refractivity contribution in [1.29, 1.82) is 0 Å². The van der Waals surface area contributed by atoms with E-state index in [1.807, 2.05) is 0 Å². The highest BCUT2D eigenvalue weighted by molar-refractivity contribution is 5.94. The van der Waals surface area contributed by atoms with Gasteiger partial charge < -0.3 is 15.7 Å². The van der Waals surface area contributed by atoms with Crippen LogP contribution in [0.5, 0.6) is 0 Å². The monoisotopic (exact) mass is 268 g/mol. The molecule has 2 rings (SSSR count). The summed E-state index contributed by atoms with van der Waals surface area (Å²) in [5.41, 5.74) is 0.830. The van der Waals surface area contributed by atoms with Gasteiger partial charge in [0, 0.05) is 18.8 Å². The number of carbonyl (C=O) groups excluding carboxylic acids is 1. The highest BCUT2D eigenvalue weighted by Crippen LogP contribution is 2.24. The zero-order chi connectivity index (χ0) is 14.3. The Bertz CT molecular complexity index is 448. The maximum atomic E-state index is 13.6. The number of rotatable bonds is 3. The molecule has 0 spiro atoms. The lowest BCUT2D eigenvalue weighted by Crippen LogP contribution is -2.27. The van der Waals surface area contributed by atoms with E-state index in [4.69, 9.17) is 9.90 Å². The van der Waals surface area contributed by atoms with Gasteiger partial charge in [-0.05, 0) is 37.5 Å². The van der Waals surface area contributed by atoms with Gasteiger partial charge in [-0.1, -0.05) is 0 Å². The van der Waals surface area contributed by atoms with E-state index in [1.54, 1.807) is 6.07 Å². The minimum Gasteiger partial charge on any atom is -0.483 e. The molecule has 0 saturated heterocycles. The van der Waals surface area contributed by atoms with Crippen LogP contribution in [0, 0.1) is 5.82 Å². The molecule has 0 atom stereocenters. The zero-order valence-electron chi connectivity index (χ0n) is 10.6. The summed E-state index contributed by atoms with van der Waals surface area (Å²) in [5.74, 6) is -0.878. The summed E-state index contributed by atoms with van der Waals surface area (Å²) in [6, 6.07) is 5.09. The molecule has 1 aliphatic rings. The van der Waals surface area contributed by atoms with Crippen molar-refractivity contribution in [2.24, 2.45) is 0 Å². The molecule has 104 valence electrons. The predicted molar refractivity (Wildman–Crippen MR) is 69.7 cm³/mol. The van der Waals surface area contributed by atoms with Gasteiger partial charge in [-0.3, -0.25) is 9.59 Å². The molecule has 1 saturated carbocycles. The molecular formula is C13H17FN2O3. The fourth-order valence-electron chi connectivity index (χ4n) is 1.71. The van der Waals surface area contributed by atoms with Gasteiger partial charge in [0.1, 0.15) is 5.82 Å². The molecule has 1 fully saturated rings. The molecule has 0 aromatic heterocycles. The maximum Gasteiger partial charge on any atom is 0.290 e. The molecule has 1 aromatic rings. The van der Waals surface area contributed by atoms with E-state index in [-0.39, 0.29) is 12.0 Å². The molecule has 1 aromatic carbocycles. The Hall–Kier alpha value is -2.11. The number of hydrogen-bond donors (Lipinski definition) is 3. The third-order valence-corrected chi connectivity index (χ3v) is 2.92. The molecule has 0 unspecified atom stereocenters. The minimum absolute atomic E-state index is 0.0849. The Morgan fingerprint density at radius 2 is 2.11 bits per heavy atom. The van der Waals surface area contributed by atoms with Gasteiger partial charge in [0.25, 0.3) is 12.4 Å². The quantitative estimate of drug-likeness (QED) is 0.731. The largest absolute Gasteiger partial charge is 0.483 e. The Kier molecular flexibility index (Phi) is 5.78. The summed E-state index contributed by atoms with van der Waals surface area (Å²) in [5, 5.41) is 12.5. The summed E-state index contributed by atoms with van der Waals surface area (Å²) in [4.78, 5) is 19.6. The highest BCUT2D eigenvalue weighted by Gasteiger charge is 2.17. The van der Waals surface area contributed by atoms with E-state index >= 15 is 0 Å². The van der Waals surface area contributed by atoms with Gasteiger partial charge in [-0.2, -0.15) is 0 Å². The Morgan fingerprint density at radius 1 is 1.47 bits per heavy atom. The van der Waals surface area contributed by atoms with Crippen LogP contribution in [0.3, 0.4) is 0 Å². The lowest BCUT2D eigenvalue weighted by molar-refractivity contribution is -0.122. The lowest BCUT2D eigenvalue weighted by atomic mass is 9.93. The minimum atomic E-state index is -0.483. The summed E-state index contributed by atoms with van der Waals surface area (Å²) >= 11 is 0. The van der Waals surface area contributed by atoms with E-state index in [1.165, 1.54) is 25.6 Å². The maximum absolute atomic E-state index is 13.6. The predicted octanol–water partition coefficient (Wildman–Crippen LogP) is 1.85. The third-order valence-electron chi connectivity index (χ3n) is 2.92. The average molecular weight is 268 g/mol. The van der Waals surface area contributed by atoms with E-state index in [0.717, 1.165) is 18.5 Å². The van der Waals surface area contributed by atoms with Crippen molar-refractivity contribution in [3.05, 3.63) is 29.6 Å². The summed E-state index contributed by atoms with van der Waals surface area (Å²) in [6.45, 7) is -0.250. The molecule has 0 bridgehead atoms. The van der Waals surface area contributed by atoms with Crippen LogP contribution in [0.1, 0.15) is 29.6 Å². The van der Waals surface area contributed by atoms with Crippen LogP contribution in [0.15, 0.2) is 18.2 Å². The van der Waals surface area contributed by atoms with Gasteiger partial charge in [0.15, 0.2) is 0 Å². The smallest absolute Gasteiger partial charge is 0.290 e. The molecule has 6 heteroatoms. The van der Waals surface area contributed by atoms with Crippen LogP contribution in [0.25, 0.3) is 0 Å². The van der Waals surface area contributed by atoms with Crippen molar-refractivity contribution < 1.29 is 19.1 Å². The highest BCUT2D eigenvalue weighted by atomic mass is 19.1. The molecule has 1 amide bonds. The molecule has 5 nitrogen and oxygen atoms in total. The van der Waals surface area contributed by atoms with Crippen molar-refractivity contribution >= 4 is 18.1 Å². The summed E-state index contributed by atoms with van der Waals surface area (Å²) < 4.78 is 13.6. The van der Waals surface area contributed by atoms with Gasteiger partial charge in [0.05, 0.1) is 5.56 Å². The molecular weight excluding hydrogens is 251 g/mol. The van der Waals surface area contributed by atoms with Gasteiger partial charge in [-0.15, -0.1) is 0 Å². The number of anilines is 1. The standard InChI is InChI=1S/C12H15FN2O.CH2O2/c1-14-12(16)10-6-5-9(7-11(10)13)15-8-3-2-4-8;2-1-3/h5-8,15H,2-4H2,1H3,(H,14,16);1H,(H,2,3). The summed E-state index contributed by atoms with van der Waals surface area (Å²) in [7, 11) is 1.49. The lowest BCUT2D eigenvalue weighted by Gasteiger charge is -2.27. The Balaban J connectivity index is 0.000000550. The van der Waals surface area contributed by atoms with Crippen LogP contribution in [-0.2, 0) is 4.79 Å². The first-order valence-electron chi connectivity index (χ1n) is 5.98. The normalized spacial score (nSPS) is 13.6. The first kappa shape index (κ1) is 14.9. The number of amides is 1. The first-order valence-corrected chi connectivity index (χ1v) is 5.98. The summed E-state index contributed by atoms with van der Waals surface area (Å²) in [6.07, 6.45) is 3.51. The molecule has 0 heterocycles. The molecule has 0 aliphatic heterocycles. The number of hydrogen-bond acceptors (Lipinski definition) is 3. The van der Waals surface area contributed by atoms with Crippen molar-refractivity contribution in [3.63, 3.8) is 0 Å². The van der Waals surface area contributed by atoms with E-state index < -0.39 is 11.7 Å². The number of halogens is 1. The second-order valence-electron chi connectivity index (χ2n) is 4.15. The Morgan fingerprint density at radius 3 is 2.53 bits per heavy atom. The fourth-order valence-corrected chi connectivity index (χ4v) is 1.71. The number of carboxylic acid groups (broad SMARTS) is 1. The zero-order valence-corrected chi connectivity index (χ0v) is 10.6. The van der Waals surface area contributed by atoms with Crippen molar-refractivity contribution in [1.82, 2.24) is 5.32 Å². The fraction of sp³-hybridized carbons (Fsp3) is 0.385. The van der Waals surface area contributed by atoms with Crippen LogP contribution in [0.4, 0.5) is 10.1 Å². The van der Waals surface area contributed by atoms with Crippen molar-refractivity contribution in [2.75, 3.05) is 12.4 Å². The van der Waals surface area contributed by atoms with Gasteiger partial charge in [0.2, 0.25) is 0 Å². The van der Waals surface area contributed by atoms with Gasteiger partial charge in [-0.25, -0.2) is 4.39 Å². The average Bonchev–Trinajstić information content (AvgIpc) is 2.34. The van der Waals surface area contributed by atoms with Crippen LogP contribution < -0.4 is 10.6 Å². The number of carbonyl (C=O) groups is 2. The van der Waals surface area contributed by atoms with Crippen molar-refractivity contribution in [2.45, 2.75) is 25.3 Å². The first-order chi connectivity index (χ1) is 9.12. The SMILES string of the molecule is CNC(=O)c1ccc(NC2CCC2)cc1F.O=CO. The van der Waals surface area contributed by atoms with E-state index in [0.29, 0.717) is 6.04 Å². The molecule has 3 N–H and O–H groups in total. The van der Waals surface area contributed by atoms with Gasteiger partial charge >= 0.3 is 0 Å². The molecule has 19 heavy (non-hydrogen) atoms. The second kappa shape index (κ2) is 7.35. The van der Waals surface area contributed by atoms with Crippen LogP contribution in [0.2, 0.25) is 0 Å². The van der Waals surface area contributed by atoms with Crippen LogP contribution in [-0.4, -0.2) is 30.6 Å². The van der Waals surface area contributed by atoms with Crippen molar-refractivity contribution in [3.8, 4) is 0 Å². The molecule has 0 radical (unpaired) electrons. The second-order valence-corrected chi connectivity index (χ2v) is 4.15. The third kappa shape index (κ3) is 4.24. The topological polar surface area (TPSA) is 78.4 Å². The van der Waals surface area contributed by atoms with E-state index in [9.17, 15) is 9.18 Å². The Labute approximate surface area is 110 Å². The van der Waals surface area contributed by atoms with Crippen LogP contribution >= 0.6 is 0 Å². The molecule has 1 aliphatic carbocycles. The number of nitrogens with one attached hydrogen (secondary N) is 2.